The summed E-state index contributed by atoms with van der Waals surface area (Å²) in [5, 5.41) is 2.49. The van der Waals surface area contributed by atoms with Crippen LogP contribution in [-0.4, -0.2) is 15.5 Å². The second-order valence-electron chi connectivity index (χ2n) is 4.15. The topological polar surface area (TPSA) is 64.3 Å². The normalized spacial score (nSPS) is 12.2. The summed E-state index contributed by atoms with van der Waals surface area (Å²) in [5.74, 6) is -0.175. The van der Waals surface area contributed by atoms with Crippen LogP contribution in [0, 0.1) is 11.8 Å². The minimum absolute atomic E-state index is 0.110. The largest absolute Gasteiger partial charge is 0.335 e. The lowest BCUT2D eigenvalue weighted by Gasteiger charge is -2.17. The summed E-state index contributed by atoms with van der Waals surface area (Å²) in [4.78, 5) is 26.3. The first-order valence-electron chi connectivity index (χ1n) is 5.73. The molecule has 5 nitrogen and oxygen atoms in total. The molecule has 1 heterocycles. The van der Waals surface area contributed by atoms with Gasteiger partial charge in [0.2, 0.25) is 0 Å². The summed E-state index contributed by atoms with van der Waals surface area (Å²) in [6.07, 6.45) is 0. The molecule has 2 aromatic rings. The van der Waals surface area contributed by atoms with E-state index in [-0.39, 0.29) is 11.7 Å². The van der Waals surface area contributed by atoms with Gasteiger partial charge in [0.1, 0.15) is 16.1 Å². The zero-order valence-corrected chi connectivity index (χ0v) is 12.1. The molecule has 2 rings (SSSR count). The molecule has 0 bridgehead atoms. The Bertz CT molecular complexity index is 622. The molecule has 0 saturated heterocycles. The quantitative estimate of drug-likeness (QED) is 0.813. The molecule has 19 heavy (non-hydrogen) atoms. The van der Waals surface area contributed by atoms with Gasteiger partial charge in [-0.15, -0.1) is 4.91 Å². The third kappa shape index (κ3) is 2.49. The molecule has 0 aliphatic carbocycles. The van der Waals surface area contributed by atoms with Crippen LogP contribution in [0.25, 0.3) is 0 Å². The van der Waals surface area contributed by atoms with Gasteiger partial charge in [0.25, 0.3) is 0 Å². The van der Waals surface area contributed by atoms with Crippen molar-refractivity contribution in [3.8, 4) is 0 Å². The first kappa shape index (κ1) is 13.6. The highest BCUT2D eigenvalue weighted by Crippen LogP contribution is 2.27. The Labute approximate surface area is 118 Å². The summed E-state index contributed by atoms with van der Waals surface area (Å²) >= 11 is 3.20. The molecule has 1 aromatic heterocycles. The van der Waals surface area contributed by atoms with Crippen molar-refractivity contribution in [1.29, 1.82) is 0 Å². The zero-order valence-electron chi connectivity index (χ0n) is 10.5. The summed E-state index contributed by atoms with van der Waals surface area (Å²) < 4.78 is 2.06. The monoisotopic (exact) mass is 321 g/mol. The summed E-state index contributed by atoms with van der Waals surface area (Å²) in [5.41, 5.74) is 1.21. The van der Waals surface area contributed by atoms with Crippen molar-refractivity contribution in [2.75, 3.05) is 0 Å². The third-order valence-electron chi connectivity index (χ3n) is 3.00. The molecule has 0 spiro atoms. The van der Waals surface area contributed by atoms with Crippen LogP contribution in [0.1, 0.15) is 34.8 Å². The molecule has 0 radical (unpaired) electrons. The van der Waals surface area contributed by atoms with Crippen molar-refractivity contribution >= 4 is 21.8 Å². The second kappa shape index (κ2) is 5.44. The molecule has 0 N–H and O–H groups in total. The van der Waals surface area contributed by atoms with Gasteiger partial charge in [-0.05, 0) is 35.3 Å². The van der Waals surface area contributed by atoms with Crippen LogP contribution in [0.2, 0.25) is 0 Å². The lowest BCUT2D eigenvalue weighted by Crippen LogP contribution is -2.14. The molecule has 98 valence electrons. The number of carbonyl (C=O) groups is 1. The minimum Gasteiger partial charge on any atom is -0.316 e. The number of nitrogens with zero attached hydrogens (tertiary/aromatic N) is 3. The molecule has 0 aliphatic heterocycles. The molecular weight excluding hydrogens is 310 g/mol. The van der Waals surface area contributed by atoms with Crippen LogP contribution in [0.15, 0.2) is 40.1 Å². The maximum atomic E-state index is 11.6. The highest BCUT2D eigenvalue weighted by atomic mass is 79.9. The number of halogens is 1. The van der Waals surface area contributed by atoms with Gasteiger partial charge in [-0.1, -0.05) is 30.3 Å². The Morgan fingerprint density at radius 3 is 2.58 bits per heavy atom. The van der Waals surface area contributed by atoms with Crippen molar-refractivity contribution in [2.45, 2.75) is 19.9 Å². The van der Waals surface area contributed by atoms with Gasteiger partial charge in [-0.3, -0.25) is 4.79 Å². The first-order chi connectivity index (χ1) is 9.06. The van der Waals surface area contributed by atoms with E-state index in [1.807, 2.05) is 37.3 Å². The fourth-order valence-corrected chi connectivity index (χ4v) is 2.72. The average Bonchev–Trinajstić information content (AvgIpc) is 2.72. The van der Waals surface area contributed by atoms with E-state index in [1.54, 1.807) is 11.5 Å². The van der Waals surface area contributed by atoms with Crippen molar-refractivity contribution in [3.63, 3.8) is 0 Å². The Balaban J connectivity index is 2.56. The number of amides is 1. The number of aromatic nitrogens is 2. The lowest BCUT2D eigenvalue weighted by atomic mass is 10.1. The SMILES string of the molecule is Cc1nc(Br)c(C(=O)N=O)n1C(C)c1ccccc1. The molecule has 1 aromatic carbocycles. The predicted octanol–water partition coefficient (Wildman–Crippen LogP) is 3.47. The Hall–Kier alpha value is -1.82. The van der Waals surface area contributed by atoms with Crippen LogP contribution in [-0.2, 0) is 0 Å². The van der Waals surface area contributed by atoms with Gasteiger partial charge < -0.3 is 4.57 Å². The van der Waals surface area contributed by atoms with E-state index in [0.717, 1.165) is 5.56 Å². The summed E-state index contributed by atoms with van der Waals surface area (Å²) in [6.45, 7) is 3.73. The van der Waals surface area contributed by atoms with E-state index in [9.17, 15) is 9.70 Å². The Kier molecular flexibility index (Phi) is 3.90. The standard InChI is InChI=1S/C13H12BrN3O2/c1-8(10-6-4-3-5-7-10)17-9(2)15-12(14)11(17)13(18)16-19/h3-8H,1-2H3. The summed E-state index contributed by atoms with van der Waals surface area (Å²) in [6, 6.07) is 9.58. The smallest absolute Gasteiger partial charge is 0.316 e. The molecule has 0 saturated carbocycles. The van der Waals surface area contributed by atoms with Gasteiger partial charge in [0.05, 0.1) is 6.04 Å². The molecule has 6 heteroatoms. The van der Waals surface area contributed by atoms with E-state index in [4.69, 9.17) is 0 Å². The van der Waals surface area contributed by atoms with Crippen LogP contribution in [0.3, 0.4) is 0 Å². The molecule has 1 amide bonds. The van der Waals surface area contributed by atoms with Gasteiger partial charge in [0.15, 0.2) is 0 Å². The fourth-order valence-electron chi connectivity index (χ4n) is 2.10. The number of nitroso groups, excluding NO2 is 1. The maximum absolute atomic E-state index is 11.6. The molecule has 0 aliphatic rings. The van der Waals surface area contributed by atoms with Gasteiger partial charge in [-0.2, -0.15) is 0 Å². The van der Waals surface area contributed by atoms with E-state index in [2.05, 4.69) is 26.1 Å². The van der Waals surface area contributed by atoms with Gasteiger partial charge in [-0.25, -0.2) is 4.98 Å². The van der Waals surface area contributed by atoms with Gasteiger partial charge in [0, 0.05) is 5.18 Å². The molecule has 1 atom stereocenters. The number of rotatable bonds is 3. The number of carbonyl (C=O) groups excluding carboxylic acids is 1. The molecule has 0 fully saturated rings. The van der Waals surface area contributed by atoms with Crippen LogP contribution >= 0.6 is 15.9 Å². The number of imidazole rings is 1. The number of hydrogen-bond acceptors (Lipinski definition) is 3. The van der Waals surface area contributed by atoms with Gasteiger partial charge >= 0.3 is 5.91 Å². The number of hydrogen-bond donors (Lipinski definition) is 0. The number of benzene rings is 1. The van der Waals surface area contributed by atoms with Crippen molar-refractivity contribution in [3.05, 3.63) is 56.9 Å². The second-order valence-corrected chi connectivity index (χ2v) is 4.90. The van der Waals surface area contributed by atoms with Crippen LogP contribution < -0.4 is 0 Å². The van der Waals surface area contributed by atoms with Crippen molar-refractivity contribution in [1.82, 2.24) is 9.55 Å². The van der Waals surface area contributed by atoms with E-state index in [0.29, 0.717) is 10.4 Å². The van der Waals surface area contributed by atoms with E-state index < -0.39 is 5.91 Å². The van der Waals surface area contributed by atoms with Crippen LogP contribution in [0.4, 0.5) is 0 Å². The summed E-state index contributed by atoms with van der Waals surface area (Å²) in [7, 11) is 0. The minimum atomic E-state index is -0.824. The molecule has 1 unspecified atom stereocenters. The average molecular weight is 322 g/mol. The highest BCUT2D eigenvalue weighted by molar-refractivity contribution is 9.10. The Morgan fingerprint density at radius 2 is 2.00 bits per heavy atom. The van der Waals surface area contributed by atoms with E-state index >= 15 is 0 Å². The van der Waals surface area contributed by atoms with Crippen molar-refractivity contribution in [2.24, 2.45) is 5.18 Å². The maximum Gasteiger partial charge on any atom is 0.335 e. The third-order valence-corrected chi connectivity index (χ3v) is 3.55. The fraction of sp³-hybridized carbons (Fsp3) is 0.231. The van der Waals surface area contributed by atoms with E-state index in [1.165, 1.54) is 0 Å². The lowest BCUT2D eigenvalue weighted by molar-refractivity contribution is 0.0990. The van der Waals surface area contributed by atoms with Crippen molar-refractivity contribution < 1.29 is 4.79 Å². The zero-order chi connectivity index (χ0) is 14.0. The Morgan fingerprint density at radius 1 is 1.37 bits per heavy atom. The predicted molar refractivity (Wildman–Crippen MR) is 75.0 cm³/mol. The van der Waals surface area contributed by atoms with Crippen LogP contribution in [0.5, 0.6) is 0 Å². The highest BCUT2D eigenvalue weighted by Gasteiger charge is 2.24. The first-order valence-corrected chi connectivity index (χ1v) is 6.52. The number of aryl methyl sites for hydroxylation is 1. The molecular formula is C13H12BrN3O2.